The van der Waals surface area contributed by atoms with E-state index in [0.29, 0.717) is 17.1 Å². The number of methoxy groups -OCH3 is 1. The minimum Gasteiger partial charge on any atom is -0.469 e. The summed E-state index contributed by atoms with van der Waals surface area (Å²) >= 11 is 0. The largest absolute Gasteiger partial charge is 0.469 e. The number of amides is 1. The van der Waals surface area contributed by atoms with Crippen molar-refractivity contribution in [1.82, 2.24) is 4.31 Å². The smallest absolute Gasteiger partial charge is 0.424 e. The van der Waals surface area contributed by atoms with Gasteiger partial charge in [0, 0.05) is 0 Å². The number of esters is 1. The fraction of sp³-hybridized carbons (Fsp3) is 0.333. The topological polar surface area (TPSA) is 90.0 Å². The van der Waals surface area contributed by atoms with Crippen molar-refractivity contribution < 1.29 is 27.5 Å². The van der Waals surface area contributed by atoms with Crippen LogP contribution in [-0.4, -0.2) is 44.0 Å². The Morgan fingerprint density at radius 1 is 1.10 bits per heavy atom. The van der Waals surface area contributed by atoms with E-state index in [1.165, 1.54) is 19.2 Å². The number of cyclic esters (lactones) is 1. The molecule has 3 rings (SSSR count). The highest BCUT2D eigenvalue weighted by atomic mass is 32.2. The van der Waals surface area contributed by atoms with Crippen LogP contribution in [0.5, 0.6) is 0 Å². The normalized spacial score (nSPS) is 19.1. The number of benzene rings is 2. The second-order valence-corrected chi connectivity index (χ2v) is 8.72. The molecule has 1 aliphatic rings. The van der Waals surface area contributed by atoms with E-state index >= 15 is 0 Å². The summed E-state index contributed by atoms with van der Waals surface area (Å²) < 4.78 is 37.0. The van der Waals surface area contributed by atoms with Crippen LogP contribution in [0, 0.1) is 6.92 Å². The van der Waals surface area contributed by atoms with Gasteiger partial charge in [-0.25, -0.2) is 13.2 Å². The van der Waals surface area contributed by atoms with Crippen LogP contribution in [0.4, 0.5) is 4.79 Å². The maximum absolute atomic E-state index is 13.1. The van der Waals surface area contributed by atoms with Gasteiger partial charge in [0.05, 0.1) is 24.5 Å². The minimum atomic E-state index is -4.17. The first kappa shape index (κ1) is 20.9. The number of rotatable bonds is 7. The van der Waals surface area contributed by atoms with Crippen molar-refractivity contribution in [2.45, 2.75) is 43.2 Å². The van der Waals surface area contributed by atoms with Crippen LogP contribution in [0.1, 0.15) is 24.0 Å². The lowest BCUT2D eigenvalue weighted by atomic mass is 10.0. The number of sulfonamides is 1. The summed E-state index contributed by atoms with van der Waals surface area (Å²) in [7, 11) is -2.95. The van der Waals surface area contributed by atoms with Gasteiger partial charge in [0.2, 0.25) is 0 Å². The molecule has 0 unspecified atom stereocenters. The Labute approximate surface area is 170 Å². The first-order valence-electron chi connectivity index (χ1n) is 9.25. The maximum atomic E-state index is 13.1. The highest BCUT2D eigenvalue weighted by Gasteiger charge is 2.49. The molecule has 29 heavy (non-hydrogen) atoms. The van der Waals surface area contributed by atoms with E-state index in [9.17, 15) is 18.0 Å². The summed E-state index contributed by atoms with van der Waals surface area (Å²) in [6, 6.07) is 14.8. The van der Waals surface area contributed by atoms with Crippen LogP contribution < -0.4 is 0 Å². The highest BCUT2D eigenvalue weighted by molar-refractivity contribution is 7.89. The molecule has 8 heteroatoms. The number of hydrogen-bond acceptors (Lipinski definition) is 6. The Morgan fingerprint density at radius 2 is 1.76 bits per heavy atom. The summed E-state index contributed by atoms with van der Waals surface area (Å²) in [4.78, 5) is 24.4. The average molecular weight is 417 g/mol. The van der Waals surface area contributed by atoms with E-state index in [1.807, 2.05) is 37.3 Å². The fourth-order valence-corrected chi connectivity index (χ4v) is 4.83. The number of ether oxygens (including phenoxy) is 2. The van der Waals surface area contributed by atoms with Crippen molar-refractivity contribution in [3.05, 3.63) is 65.7 Å². The molecule has 1 fully saturated rings. The first-order chi connectivity index (χ1) is 13.8. The third-order valence-corrected chi connectivity index (χ3v) is 6.71. The van der Waals surface area contributed by atoms with E-state index in [1.54, 1.807) is 12.1 Å². The third kappa shape index (κ3) is 4.59. The molecule has 1 heterocycles. The first-order valence-corrected chi connectivity index (χ1v) is 10.7. The molecule has 0 N–H and O–H groups in total. The van der Waals surface area contributed by atoms with Crippen molar-refractivity contribution in [2.24, 2.45) is 0 Å². The standard InChI is InChI=1S/C21H23NO6S/c1-15-8-11-17(12-9-15)29(25,26)22-18(14-20(23)27-2)19(28-21(22)24)13-10-16-6-4-3-5-7-16/h3-9,11-12,18-19H,10,13-14H2,1-2H3/t18-,19-/m0/s1. The van der Waals surface area contributed by atoms with E-state index in [4.69, 9.17) is 9.47 Å². The van der Waals surface area contributed by atoms with Gasteiger partial charge in [-0.3, -0.25) is 4.79 Å². The Hall–Kier alpha value is -2.87. The van der Waals surface area contributed by atoms with Crippen molar-refractivity contribution in [2.75, 3.05) is 7.11 Å². The maximum Gasteiger partial charge on any atom is 0.424 e. The Kier molecular flexibility index (Phi) is 6.22. The molecule has 1 aliphatic heterocycles. The van der Waals surface area contributed by atoms with Gasteiger partial charge in [-0.2, -0.15) is 4.31 Å². The van der Waals surface area contributed by atoms with E-state index in [-0.39, 0.29) is 11.3 Å². The molecule has 1 saturated heterocycles. The number of nitrogens with zero attached hydrogens (tertiary/aromatic N) is 1. The number of aryl methyl sites for hydroxylation is 2. The van der Waals surface area contributed by atoms with Gasteiger partial charge in [0.1, 0.15) is 6.10 Å². The van der Waals surface area contributed by atoms with Crippen LogP contribution in [0.3, 0.4) is 0 Å². The lowest BCUT2D eigenvalue weighted by molar-refractivity contribution is -0.141. The lowest BCUT2D eigenvalue weighted by Crippen LogP contribution is -2.42. The van der Waals surface area contributed by atoms with Crippen molar-refractivity contribution in [1.29, 1.82) is 0 Å². The summed E-state index contributed by atoms with van der Waals surface area (Å²) in [6.07, 6.45) is -1.03. The van der Waals surface area contributed by atoms with Gasteiger partial charge < -0.3 is 9.47 Å². The van der Waals surface area contributed by atoms with Gasteiger partial charge in [0.15, 0.2) is 0 Å². The highest BCUT2D eigenvalue weighted by Crippen LogP contribution is 2.32. The van der Waals surface area contributed by atoms with Crippen molar-refractivity contribution >= 4 is 22.1 Å². The van der Waals surface area contributed by atoms with Crippen LogP contribution in [0.2, 0.25) is 0 Å². The van der Waals surface area contributed by atoms with Gasteiger partial charge in [-0.05, 0) is 37.5 Å². The predicted octanol–water partition coefficient (Wildman–Crippen LogP) is 3.07. The average Bonchev–Trinajstić information content (AvgIpc) is 3.03. The quantitative estimate of drug-likeness (QED) is 0.643. The molecule has 0 spiro atoms. The van der Waals surface area contributed by atoms with Crippen molar-refractivity contribution in [3.63, 3.8) is 0 Å². The Bertz CT molecular complexity index is 972. The molecule has 0 aromatic heterocycles. The summed E-state index contributed by atoms with van der Waals surface area (Å²) in [6.45, 7) is 1.83. The molecule has 0 aliphatic carbocycles. The van der Waals surface area contributed by atoms with Gasteiger partial charge in [-0.15, -0.1) is 0 Å². The molecule has 1 amide bonds. The number of carbonyl (C=O) groups is 2. The molecule has 2 aromatic rings. The molecule has 0 saturated carbocycles. The molecule has 2 atom stereocenters. The summed E-state index contributed by atoms with van der Waals surface area (Å²) in [5, 5.41) is 0. The van der Waals surface area contributed by atoms with Gasteiger partial charge in [0.25, 0.3) is 10.0 Å². The molecular formula is C21H23NO6S. The van der Waals surface area contributed by atoms with E-state index in [0.717, 1.165) is 11.1 Å². The summed E-state index contributed by atoms with van der Waals surface area (Å²) in [5.74, 6) is -0.609. The Balaban J connectivity index is 1.88. The van der Waals surface area contributed by atoms with Gasteiger partial charge in [-0.1, -0.05) is 48.0 Å². The number of hydrogen-bond donors (Lipinski definition) is 0. The van der Waals surface area contributed by atoms with Crippen LogP contribution in [0.25, 0.3) is 0 Å². The predicted molar refractivity (Wildman–Crippen MR) is 106 cm³/mol. The third-order valence-electron chi connectivity index (χ3n) is 4.90. The number of carbonyl (C=O) groups excluding carboxylic acids is 2. The van der Waals surface area contributed by atoms with Crippen LogP contribution in [-0.2, 0) is 30.7 Å². The minimum absolute atomic E-state index is 0.0291. The zero-order valence-electron chi connectivity index (χ0n) is 16.3. The summed E-state index contributed by atoms with van der Waals surface area (Å²) in [5.41, 5.74) is 1.92. The zero-order chi connectivity index (χ0) is 21.0. The van der Waals surface area contributed by atoms with Gasteiger partial charge >= 0.3 is 12.1 Å². The monoisotopic (exact) mass is 417 g/mol. The molecule has 154 valence electrons. The molecule has 0 bridgehead atoms. The van der Waals surface area contributed by atoms with Crippen molar-refractivity contribution in [3.8, 4) is 0 Å². The lowest BCUT2D eigenvalue weighted by Gasteiger charge is -2.23. The SMILES string of the molecule is COC(=O)C[C@H]1[C@H](CCc2ccccc2)OC(=O)N1S(=O)(=O)c1ccc(C)cc1. The second-order valence-electron chi connectivity index (χ2n) is 6.91. The molecule has 2 aromatic carbocycles. The zero-order valence-corrected chi connectivity index (χ0v) is 17.1. The van der Waals surface area contributed by atoms with Crippen LogP contribution >= 0.6 is 0 Å². The molecular weight excluding hydrogens is 394 g/mol. The van der Waals surface area contributed by atoms with E-state index in [2.05, 4.69) is 0 Å². The second kappa shape index (κ2) is 8.65. The molecule has 7 nitrogen and oxygen atoms in total. The Morgan fingerprint density at radius 3 is 2.38 bits per heavy atom. The van der Waals surface area contributed by atoms with Crippen LogP contribution in [0.15, 0.2) is 59.5 Å². The molecule has 0 radical (unpaired) electrons. The fourth-order valence-electron chi connectivity index (χ4n) is 3.32. The van der Waals surface area contributed by atoms with E-state index < -0.39 is 34.2 Å².